The third-order valence-corrected chi connectivity index (χ3v) is 2.52. The molecule has 0 fully saturated rings. The highest BCUT2D eigenvalue weighted by Crippen LogP contribution is 2.18. The second-order valence-corrected chi connectivity index (χ2v) is 4.35. The first-order valence-corrected chi connectivity index (χ1v) is 4.80. The van der Waals surface area contributed by atoms with Crippen molar-refractivity contribution < 1.29 is 5.21 Å². The number of rotatable bonds is 3. The fraction of sp³-hybridized carbons (Fsp3) is 0.444. The van der Waals surface area contributed by atoms with E-state index in [4.69, 9.17) is 5.21 Å². The number of nitrogens with zero attached hydrogens (tertiary/aromatic N) is 1. The summed E-state index contributed by atoms with van der Waals surface area (Å²) in [5.74, 6) is 0.683. The van der Waals surface area contributed by atoms with E-state index in [-0.39, 0.29) is 0 Å². The third-order valence-electron chi connectivity index (χ3n) is 1.48. The summed E-state index contributed by atoms with van der Waals surface area (Å²) in [5, 5.41) is 11.3. The van der Waals surface area contributed by atoms with Gasteiger partial charge < -0.3 is 5.21 Å². The molecule has 0 unspecified atom stereocenters. The highest BCUT2D eigenvalue weighted by Gasteiger charge is 2.00. The molecule has 0 aliphatic heterocycles. The minimum absolute atomic E-state index is 0.683. The molecule has 1 N–H and O–H groups in total. The smallest absolute Gasteiger partial charge is 0.0833 e. The normalized spacial score (nSPS) is 11.6. The minimum Gasteiger partial charge on any atom is -0.411 e. The van der Waals surface area contributed by atoms with Gasteiger partial charge in [0.15, 0.2) is 0 Å². The van der Waals surface area contributed by atoms with Crippen LogP contribution in [-0.2, 0) is 6.42 Å². The van der Waals surface area contributed by atoms with Gasteiger partial charge in [0.05, 0.1) is 6.21 Å². The molecule has 2 nitrogen and oxygen atoms in total. The zero-order valence-corrected chi connectivity index (χ0v) is 8.14. The van der Waals surface area contributed by atoms with E-state index in [1.165, 1.54) is 11.1 Å². The standard InChI is InChI=1S/C9H13NOS/c1-7(2)5-8-3-4-9(12-8)6-10-11/h3-4,6-7,11H,5H2,1-2H3/b10-6+. The Morgan fingerprint density at radius 3 is 2.92 bits per heavy atom. The molecular formula is C9H13NOS. The van der Waals surface area contributed by atoms with Gasteiger partial charge in [-0.15, -0.1) is 11.3 Å². The van der Waals surface area contributed by atoms with E-state index in [1.807, 2.05) is 6.07 Å². The van der Waals surface area contributed by atoms with Crippen molar-refractivity contribution in [3.8, 4) is 0 Å². The first-order valence-electron chi connectivity index (χ1n) is 3.98. The van der Waals surface area contributed by atoms with Crippen LogP contribution in [0.3, 0.4) is 0 Å². The molecule has 0 radical (unpaired) electrons. The average molecular weight is 183 g/mol. The molecule has 0 spiro atoms. The Bertz CT molecular complexity index is 265. The molecule has 0 aliphatic carbocycles. The van der Waals surface area contributed by atoms with Gasteiger partial charge in [0.2, 0.25) is 0 Å². The maximum Gasteiger partial charge on any atom is 0.0833 e. The highest BCUT2D eigenvalue weighted by molar-refractivity contribution is 7.13. The summed E-state index contributed by atoms with van der Waals surface area (Å²) in [4.78, 5) is 2.35. The quantitative estimate of drug-likeness (QED) is 0.436. The molecule has 0 atom stereocenters. The zero-order chi connectivity index (χ0) is 8.97. The van der Waals surface area contributed by atoms with Gasteiger partial charge in [0.1, 0.15) is 0 Å². The lowest BCUT2D eigenvalue weighted by Gasteiger charge is -1.98. The fourth-order valence-electron chi connectivity index (χ4n) is 1.03. The van der Waals surface area contributed by atoms with Crippen LogP contribution in [-0.4, -0.2) is 11.4 Å². The van der Waals surface area contributed by atoms with Crippen LogP contribution in [0.15, 0.2) is 17.3 Å². The Labute approximate surface area is 76.5 Å². The van der Waals surface area contributed by atoms with E-state index in [2.05, 4.69) is 25.1 Å². The summed E-state index contributed by atoms with van der Waals surface area (Å²) in [6, 6.07) is 4.06. The van der Waals surface area contributed by atoms with Crippen LogP contribution >= 0.6 is 11.3 Å². The lowest BCUT2D eigenvalue weighted by molar-refractivity contribution is 0.322. The maximum absolute atomic E-state index is 8.29. The lowest BCUT2D eigenvalue weighted by Crippen LogP contribution is -1.89. The number of thiophene rings is 1. The van der Waals surface area contributed by atoms with E-state index < -0.39 is 0 Å². The van der Waals surface area contributed by atoms with E-state index in [0.717, 1.165) is 11.3 Å². The van der Waals surface area contributed by atoms with Gasteiger partial charge in [-0.25, -0.2) is 0 Å². The van der Waals surface area contributed by atoms with Gasteiger partial charge in [-0.1, -0.05) is 19.0 Å². The predicted octanol–water partition coefficient (Wildman–Crippen LogP) is 2.75. The second-order valence-electron chi connectivity index (χ2n) is 3.15. The summed E-state index contributed by atoms with van der Waals surface area (Å²) in [7, 11) is 0. The van der Waals surface area contributed by atoms with Crippen molar-refractivity contribution in [3.63, 3.8) is 0 Å². The van der Waals surface area contributed by atoms with Gasteiger partial charge in [-0.05, 0) is 24.5 Å². The van der Waals surface area contributed by atoms with Gasteiger partial charge in [-0.2, -0.15) is 0 Å². The number of oxime groups is 1. The Balaban J connectivity index is 2.64. The van der Waals surface area contributed by atoms with Crippen LogP contribution in [0.1, 0.15) is 23.6 Å². The zero-order valence-electron chi connectivity index (χ0n) is 7.32. The van der Waals surface area contributed by atoms with E-state index >= 15 is 0 Å². The summed E-state index contributed by atoms with van der Waals surface area (Å²) in [6.45, 7) is 4.39. The molecule has 1 rings (SSSR count). The molecule has 1 aromatic heterocycles. The van der Waals surface area contributed by atoms with Crippen molar-refractivity contribution in [2.24, 2.45) is 11.1 Å². The first-order chi connectivity index (χ1) is 5.72. The molecule has 0 saturated carbocycles. The molecule has 66 valence electrons. The van der Waals surface area contributed by atoms with Gasteiger partial charge in [-0.3, -0.25) is 0 Å². The highest BCUT2D eigenvalue weighted by atomic mass is 32.1. The van der Waals surface area contributed by atoms with Crippen LogP contribution in [0, 0.1) is 5.92 Å². The van der Waals surface area contributed by atoms with Crippen molar-refractivity contribution in [2.75, 3.05) is 0 Å². The predicted molar refractivity (Wildman–Crippen MR) is 52.2 cm³/mol. The van der Waals surface area contributed by atoms with Crippen molar-refractivity contribution in [2.45, 2.75) is 20.3 Å². The van der Waals surface area contributed by atoms with Crippen LogP contribution in [0.2, 0.25) is 0 Å². The SMILES string of the molecule is CC(C)Cc1ccc(/C=N/O)s1. The molecular weight excluding hydrogens is 170 g/mol. The second kappa shape index (κ2) is 4.26. The average Bonchev–Trinajstić information content (AvgIpc) is 2.36. The summed E-state index contributed by atoms with van der Waals surface area (Å²) in [5.41, 5.74) is 0. The molecule has 0 amide bonds. The summed E-state index contributed by atoms with van der Waals surface area (Å²) in [6.07, 6.45) is 2.57. The maximum atomic E-state index is 8.29. The van der Waals surface area contributed by atoms with Crippen molar-refractivity contribution in [1.82, 2.24) is 0 Å². The van der Waals surface area contributed by atoms with E-state index in [1.54, 1.807) is 11.3 Å². The number of hydrogen-bond donors (Lipinski definition) is 1. The van der Waals surface area contributed by atoms with Crippen LogP contribution in [0.25, 0.3) is 0 Å². The first kappa shape index (κ1) is 9.26. The topological polar surface area (TPSA) is 32.6 Å². The van der Waals surface area contributed by atoms with Gasteiger partial charge >= 0.3 is 0 Å². The molecule has 12 heavy (non-hydrogen) atoms. The van der Waals surface area contributed by atoms with Gasteiger partial charge in [0.25, 0.3) is 0 Å². The molecule has 1 heterocycles. The molecule has 0 saturated heterocycles. The Kier molecular flexibility index (Phi) is 3.29. The minimum atomic E-state index is 0.683. The summed E-state index contributed by atoms with van der Waals surface area (Å²) >= 11 is 1.68. The van der Waals surface area contributed by atoms with E-state index in [0.29, 0.717) is 5.92 Å². The summed E-state index contributed by atoms with van der Waals surface area (Å²) < 4.78 is 0. The monoisotopic (exact) mass is 183 g/mol. The van der Waals surface area contributed by atoms with Crippen LogP contribution in [0.5, 0.6) is 0 Å². The van der Waals surface area contributed by atoms with Crippen LogP contribution < -0.4 is 0 Å². The molecule has 0 aliphatic rings. The molecule has 0 bridgehead atoms. The van der Waals surface area contributed by atoms with Crippen LogP contribution in [0.4, 0.5) is 0 Å². The Morgan fingerprint density at radius 1 is 1.58 bits per heavy atom. The van der Waals surface area contributed by atoms with E-state index in [9.17, 15) is 0 Å². The van der Waals surface area contributed by atoms with Gasteiger partial charge in [0, 0.05) is 9.75 Å². The fourth-order valence-corrected chi connectivity index (χ4v) is 2.12. The van der Waals surface area contributed by atoms with Crippen molar-refractivity contribution in [3.05, 3.63) is 21.9 Å². The molecule has 0 aromatic carbocycles. The Hall–Kier alpha value is -0.830. The van der Waals surface area contributed by atoms with Crippen molar-refractivity contribution in [1.29, 1.82) is 0 Å². The lowest BCUT2D eigenvalue weighted by atomic mass is 10.1. The van der Waals surface area contributed by atoms with Crippen molar-refractivity contribution >= 4 is 17.6 Å². The number of hydrogen-bond acceptors (Lipinski definition) is 3. The molecule has 1 aromatic rings. The molecule has 3 heteroatoms. The Morgan fingerprint density at radius 2 is 2.33 bits per heavy atom. The largest absolute Gasteiger partial charge is 0.411 e. The third kappa shape index (κ3) is 2.66.